The van der Waals surface area contributed by atoms with E-state index in [0.717, 1.165) is 68.7 Å². The average Bonchev–Trinajstić information content (AvgIpc) is 2.48. The van der Waals surface area contributed by atoms with Crippen LogP contribution in [0.1, 0.15) is 0 Å². The number of morpholine rings is 1. The predicted molar refractivity (Wildman–Crippen MR) is 79.8 cm³/mol. The van der Waals surface area contributed by atoms with E-state index in [-0.39, 0.29) is 0 Å². The maximum atomic E-state index is 6.00. The minimum Gasteiger partial charge on any atom is -0.383 e. The smallest absolute Gasteiger partial charge is 0.234 e. The number of nitrogens with two attached hydrogens (primary N) is 1. The molecule has 110 valence electrons. The summed E-state index contributed by atoms with van der Waals surface area (Å²) in [5.74, 6) is 2.30. The molecule has 0 spiro atoms. The molecule has 0 aromatic carbocycles. The first-order chi connectivity index (χ1) is 9.67. The number of hydrogen-bond donors (Lipinski definition) is 2. The molecule has 0 saturated carbocycles. The molecule has 3 heterocycles. The number of aromatic nitrogens is 2. The Morgan fingerprint density at radius 3 is 2.65 bits per heavy atom. The van der Waals surface area contributed by atoms with E-state index in [1.54, 1.807) is 0 Å². The van der Waals surface area contributed by atoms with E-state index in [4.69, 9.17) is 15.5 Å². The molecular formula is C13H23N6O+. The SMILES string of the molecule is C[N+]1(c2cc(N)nc(N3CCOCC3)n2)CCNCC1. The Morgan fingerprint density at radius 2 is 1.95 bits per heavy atom. The first-order valence-corrected chi connectivity index (χ1v) is 7.20. The molecule has 3 rings (SSSR count). The van der Waals surface area contributed by atoms with E-state index in [2.05, 4.69) is 22.2 Å². The number of anilines is 2. The van der Waals surface area contributed by atoms with Crippen LogP contribution in [0.5, 0.6) is 0 Å². The normalized spacial score (nSPS) is 22.8. The van der Waals surface area contributed by atoms with Crippen LogP contribution >= 0.6 is 0 Å². The average molecular weight is 279 g/mol. The highest BCUT2D eigenvalue weighted by Gasteiger charge is 2.30. The molecular weight excluding hydrogens is 256 g/mol. The molecule has 2 aliphatic heterocycles. The van der Waals surface area contributed by atoms with Crippen molar-refractivity contribution in [2.24, 2.45) is 0 Å². The lowest BCUT2D eigenvalue weighted by Gasteiger charge is -2.37. The van der Waals surface area contributed by atoms with Crippen LogP contribution in [0.25, 0.3) is 0 Å². The fraction of sp³-hybridized carbons (Fsp3) is 0.692. The van der Waals surface area contributed by atoms with Crippen molar-refractivity contribution in [1.29, 1.82) is 0 Å². The summed E-state index contributed by atoms with van der Waals surface area (Å²) in [6.45, 7) is 7.17. The second kappa shape index (κ2) is 5.51. The van der Waals surface area contributed by atoms with Gasteiger partial charge in [0.2, 0.25) is 11.8 Å². The molecule has 3 N–H and O–H groups in total. The molecule has 7 nitrogen and oxygen atoms in total. The minimum atomic E-state index is 0.550. The van der Waals surface area contributed by atoms with Gasteiger partial charge in [0.15, 0.2) is 0 Å². The number of rotatable bonds is 2. The fourth-order valence-corrected chi connectivity index (χ4v) is 2.74. The van der Waals surface area contributed by atoms with Crippen molar-refractivity contribution < 1.29 is 4.74 Å². The molecule has 0 atom stereocenters. The van der Waals surface area contributed by atoms with Gasteiger partial charge in [-0.25, -0.2) is 0 Å². The number of nitrogens with one attached hydrogen (secondary N) is 1. The summed E-state index contributed by atoms with van der Waals surface area (Å²) in [5.41, 5.74) is 6.00. The third-order valence-corrected chi connectivity index (χ3v) is 4.13. The molecule has 0 unspecified atom stereocenters. The highest BCUT2D eigenvalue weighted by molar-refractivity contribution is 5.50. The van der Waals surface area contributed by atoms with E-state index >= 15 is 0 Å². The molecule has 1 aromatic rings. The van der Waals surface area contributed by atoms with E-state index in [1.165, 1.54) is 0 Å². The van der Waals surface area contributed by atoms with E-state index < -0.39 is 0 Å². The Morgan fingerprint density at radius 1 is 1.25 bits per heavy atom. The third-order valence-electron chi connectivity index (χ3n) is 4.13. The van der Waals surface area contributed by atoms with Crippen LogP contribution in [0.2, 0.25) is 0 Å². The maximum absolute atomic E-state index is 6.00. The van der Waals surface area contributed by atoms with Crippen molar-refractivity contribution in [2.45, 2.75) is 0 Å². The number of piperazine rings is 1. The van der Waals surface area contributed by atoms with Crippen molar-refractivity contribution in [3.8, 4) is 0 Å². The van der Waals surface area contributed by atoms with E-state index in [9.17, 15) is 0 Å². The third kappa shape index (κ3) is 2.70. The highest BCUT2D eigenvalue weighted by atomic mass is 16.5. The Hall–Kier alpha value is -1.44. The van der Waals surface area contributed by atoms with Gasteiger partial charge in [0.25, 0.3) is 0 Å². The Kier molecular flexibility index (Phi) is 3.73. The number of likely N-dealkylation sites (N-methyl/N-ethyl adjacent to an activating group) is 1. The van der Waals surface area contributed by atoms with Gasteiger partial charge in [0.05, 0.1) is 39.4 Å². The van der Waals surface area contributed by atoms with Crippen molar-refractivity contribution in [3.05, 3.63) is 6.07 Å². The summed E-state index contributed by atoms with van der Waals surface area (Å²) in [7, 11) is 2.21. The minimum absolute atomic E-state index is 0.550. The highest BCUT2D eigenvalue weighted by Crippen LogP contribution is 2.24. The first kappa shape index (κ1) is 13.5. The molecule has 2 saturated heterocycles. The van der Waals surface area contributed by atoms with Crippen molar-refractivity contribution in [1.82, 2.24) is 19.8 Å². The summed E-state index contributed by atoms with van der Waals surface area (Å²) in [6, 6.07) is 1.91. The summed E-state index contributed by atoms with van der Waals surface area (Å²) in [4.78, 5) is 11.3. The van der Waals surface area contributed by atoms with Gasteiger partial charge in [-0.3, -0.25) is 4.48 Å². The second-order valence-corrected chi connectivity index (χ2v) is 5.64. The van der Waals surface area contributed by atoms with Crippen LogP contribution in [-0.2, 0) is 4.74 Å². The van der Waals surface area contributed by atoms with Gasteiger partial charge in [-0.2, -0.15) is 9.97 Å². The molecule has 2 fully saturated rings. The molecule has 0 amide bonds. The van der Waals surface area contributed by atoms with Gasteiger partial charge in [-0.05, 0) is 0 Å². The number of nitrogen functional groups attached to an aromatic ring is 1. The Balaban J connectivity index is 1.89. The summed E-state index contributed by atoms with van der Waals surface area (Å²) < 4.78 is 6.19. The van der Waals surface area contributed by atoms with Crippen LogP contribution in [-0.4, -0.2) is 69.5 Å². The Labute approximate surface area is 119 Å². The van der Waals surface area contributed by atoms with Crippen LogP contribution in [0.3, 0.4) is 0 Å². The topological polar surface area (TPSA) is 76.3 Å². The first-order valence-electron chi connectivity index (χ1n) is 7.20. The molecule has 20 heavy (non-hydrogen) atoms. The maximum Gasteiger partial charge on any atom is 0.234 e. The fourth-order valence-electron chi connectivity index (χ4n) is 2.74. The number of nitrogens with zero attached hydrogens (tertiary/aromatic N) is 4. The van der Waals surface area contributed by atoms with Gasteiger partial charge < -0.3 is 20.7 Å². The predicted octanol–water partition coefficient (Wildman–Crippen LogP) is -0.564. The summed E-state index contributed by atoms with van der Waals surface area (Å²) >= 11 is 0. The van der Waals surface area contributed by atoms with Crippen molar-refractivity contribution >= 4 is 17.6 Å². The van der Waals surface area contributed by atoms with Gasteiger partial charge >= 0.3 is 0 Å². The monoisotopic (exact) mass is 279 g/mol. The lowest BCUT2D eigenvalue weighted by molar-refractivity contribution is 0.122. The largest absolute Gasteiger partial charge is 0.383 e. The van der Waals surface area contributed by atoms with Gasteiger partial charge in [0, 0.05) is 26.2 Å². The second-order valence-electron chi connectivity index (χ2n) is 5.64. The molecule has 1 aromatic heterocycles. The molecule has 0 bridgehead atoms. The van der Waals surface area contributed by atoms with Crippen LogP contribution in [0.15, 0.2) is 6.07 Å². The van der Waals surface area contributed by atoms with Gasteiger partial charge in [-0.15, -0.1) is 0 Å². The zero-order valence-electron chi connectivity index (χ0n) is 12.0. The van der Waals surface area contributed by atoms with Crippen LogP contribution in [0.4, 0.5) is 17.6 Å². The van der Waals surface area contributed by atoms with Gasteiger partial charge in [-0.1, -0.05) is 0 Å². The van der Waals surface area contributed by atoms with Crippen molar-refractivity contribution in [3.63, 3.8) is 0 Å². The van der Waals surface area contributed by atoms with Gasteiger partial charge in [0.1, 0.15) is 5.82 Å². The number of hydrogen-bond acceptors (Lipinski definition) is 6. The van der Waals surface area contributed by atoms with Crippen molar-refractivity contribution in [2.75, 3.05) is 70.2 Å². The zero-order valence-corrected chi connectivity index (χ0v) is 12.0. The number of ether oxygens (including phenoxy) is 1. The van der Waals surface area contributed by atoms with E-state index in [0.29, 0.717) is 5.82 Å². The molecule has 2 aliphatic rings. The molecule has 7 heteroatoms. The lowest BCUT2D eigenvalue weighted by atomic mass is 10.3. The number of quaternary nitrogens is 1. The van der Waals surface area contributed by atoms with E-state index in [1.807, 2.05) is 6.07 Å². The van der Waals surface area contributed by atoms with Crippen LogP contribution < -0.4 is 20.4 Å². The quantitative estimate of drug-likeness (QED) is 0.707. The standard InChI is InChI=1S/C13H23N6O/c1-19(6-2-15-3-7-19)12-10-11(14)16-13(17-12)18-4-8-20-9-5-18/h10,15H,2-9H2,1H3,(H2,14,16,17)/q+1. The lowest BCUT2D eigenvalue weighted by Crippen LogP contribution is -2.57. The summed E-state index contributed by atoms with van der Waals surface area (Å²) in [5, 5.41) is 3.39. The molecule has 0 radical (unpaired) electrons. The molecule has 0 aliphatic carbocycles. The zero-order chi connectivity index (χ0) is 14.0. The van der Waals surface area contributed by atoms with Crippen LogP contribution in [0, 0.1) is 0 Å². The Bertz CT molecular complexity index is 468. The summed E-state index contributed by atoms with van der Waals surface area (Å²) in [6.07, 6.45) is 0.